The van der Waals surface area contributed by atoms with Crippen molar-refractivity contribution in [3.05, 3.63) is 54.6 Å². The summed E-state index contributed by atoms with van der Waals surface area (Å²) >= 11 is 0. The minimum Gasteiger partial charge on any atom is -0.394 e. The summed E-state index contributed by atoms with van der Waals surface area (Å²) in [6.07, 6.45) is 0.155. The first-order valence-electron chi connectivity index (χ1n) is 10.1. The Morgan fingerprint density at radius 3 is 2.37 bits per heavy atom. The molecule has 0 aliphatic carbocycles. The number of aliphatic hydroxyl groups excluding tert-OH is 1. The van der Waals surface area contributed by atoms with Gasteiger partial charge < -0.3 is 15.2 Å². The zero-order valence-electron chi connectivity index (χ0n) is 17.0. The van der Waals surface area contributed by atoms with Crippen molar-refractivity contribution in [2.24, 2.45) is 0 Å². The van der Waals surface area contributed by atoms with Gasteiger partial charge in [0.25, 0.3) is 0 Å². The molecule has 0 bridgehead atoms. The fourth-order valence-corrected chi connectivity index (χ4v) is 4.42. The number of carbonyl (C=O) groups excluding carboxylic acids is 1. The lowest BCUT2D eigenvalue weighted by molar-refractivity contribution is -0.126. The Balaban J connectivity index is 1.53. The van der Waals surface area contributed by atoms with E-state index in [0.717, 1.165) is 11.1 Å². The average Bonchev–Trinajstić information content (AvgIpc) is 2.75. The molecule has 3 atom stereocenters. The van der Waals surface area contributed by atoms with E-state index in [4.69, 9.17) is 4.74 Å². The number of carbonyl (C=O) groups is 1. The summed E-state index contributed by atoms with van der Waals surface area (Å²) in [4.78, 5) is 12.4. The van der Waals surface area contributed by atoms with Crippen LogP contribution in [0.15, 0.2) is 54.6 Å². The van der Waals surface area contributed by atoms with Gasteiger partial charge in [0.15, 0.2) is 0 Å². The van der Waals surface area contributed by atoms with Crippen molar-refractivity contribution in [3.8, 4) is 11.1 Å². The van der Waals surface area contributed by atoms with Crippen LogP contribution in [-0.2, 0) is 19.6 Å². The standard InChI is InChI=1S/C22H28N2O5S/c1-2-30(27,28)24-20-13-12-19(29-21(20)15-25)14-22(26)23-18-10-8-17(9-11-18)16-6-4-3-5-7-16/h3-11,19-21,24-25H,2,12-15H2,1H3,(H,23,26)/t19-,20-,21+/m0/s1. The van der Waals surface area contributed by atoms with Gasteiger partial charge in [0.2, 0.25) is 15.9 Å². The maximum Gasteiger partial charge on any atom is 0.226 e. The van der Waals surface area contributed by atoms with E-state index in [2.05, 4.69) is 10.0 Å². The molecule has 162 valence electrons. The van der Waals surface area contributed by atoms with E-state index < -0.39 is 22.2 Å². The number of ether oxygens (including phenoxy) is 1. The van der Waals surface area contributed by atoms with E-state index in [0.29, 0.717) is 18.5 Å². The molecule has 1 amide bonds. The molecule has 30 heavy (non-hydrogen) atoms. The lowest BCUT2D eigenvalue weighted by atomic mass is 9.98. The zero-order chi connectivity index (χ0) is 21.6. The maximum absolute atomic E-state index is 12.4. The molecule has 1 aliphatic rings. The smallest absolute Gasteiger partial charge is 0.226 e. The number of benzene rings is 2. The van der Waals surface area contributed by atoms with Crippen LogP contribution in [0.3, 0.4) is 0 Å². The number of nitrogens with one attached hydrogen (secondary N) is 2. The molecule has 1 saturated heterocycles. The molecule has 7 nitrogen and oxygen atoms in total. The van der Waals surface area contributed by atoms with Crippen molar-refractivity contribution in [3.63, 3.8) is 0 Å². The molecule has 0 radical (unpaired) electrons. The summed E-state index contributed by atoms with van der Waals surface area (Å²) in [5.41, 5.74) is 2.87. The first-order valence-corrected chi connectivity index (χ1v) is 11.8. The molecule has 1 heterocycles. The molecule has 0 unspecified atom stereocenters. The Kier molecular flexibility index (Phi) is 7.60. The number of sulfonamides is 1. The number of anilines is 1. The quantitative estimate of drug-likeness (QED) is 0.595. The molecular weight excluding hydrogens is 404 g/mol. The zero-order valence-corrected chi connectivity index (χ0v) is 17.8. The molecule has 0 saturated carbocycles. The monoisotopic (exact) mass is 432 g/mol. The van der Waals surface area contributed by atoms with Crippen LogP contribution < -0.4 is 10.0 Å². The molecule has 1 fully saturated rings. The van der Waals surface area contributed by atoms with Crippen molar-refractivity contribution in [1.29, 1.82) is 0 Å². The van der Waals surface area contributed by atoms with Gasteiger partial charge in [0, 0.05) is 5.69 Å². The predicted octanol–water partition coefficient (Wildman–Crippen LogP) is 2.53. The summed E-state index contributed by atoms with van der Waals surface area (Å²) < 4.78 is 31.9. The first-order chi connectivity index (χ1) is 14.4. The molecule has 8 heteroatoms. The second-order valence-electron chi connectivity index (χ2n) is 7.38. The fourth-order valence-electron chi connectivity index (χ4n) is 3.53. The van der Waals surface area contributed by atoms with E-state index in [1.807, 2.05) is 54.6 Å². The van der Waals surface area contributed by atoms with E-state index in [9.17, 15) is 18.3 Å². The van der Waals surface area contributed by atoms with Gasteiger partial charge in [-0.3, -0.25) is 4.79 Å². The molecular formula is C22H28N2O5S. The second-order valence-corrected chi connectivity index (χ2v) is 9.42. The molecule has 0 spiro atoms. The van der Waals surface area contributed by atoms with E-state index in [1.165, 1.54) is 0 Å². The number of amides is 1. The number of hydrogen-bond acceptors (Lipinski definition) is 5. The highest BCUT2D eigenvalue weighted by Gasteiger charge is 2.33. The van der Waals surface area contributed by atoms with Crippen LogP contribution in [0.2, 0.25) is 0 Å². The predicted molar refractivity (Wildman–Crippen MR) is 116 cm³/mol. The Morgan fingerprint density at radius 1 is 1.07 bits per heavy atom. The highest BCUT2D eigenvalue weighted by atomic mass is 32.2. The van der Waals surface area contributed by atoms with Crippen LogP contribution in [0.25, 0.3) is 11.1 Å². The summed E-state index contributed by atoms with van der Waals surface area (Å²) in [6, 6.07) is 17.1. The lowest BCUT2D eigenvalue weighted by Crippen LogP contribution is -2.51. The third-order valence-corrected chi connectivity index (χ3v) is 6.62. The van der Waals surface area contributed by atoms with Crippen molar-refractivity contribution in [2.45, 2.75) is 44.4 Å². The molecule has 2 aromatic carbocycles. The SMILES string of the molecule is CCS(=O)(=O)N[C@H]1CC[C@@H](CC(=O)Nc2ccc(-c3ccccc3)cc2)O[C@@H]1CO. The topological polar surface area (TPSA) is 105 Å². The van der Waals surface area contributed by atoms with Crippen LogP contribution >= 0.6 is 0 Å². The minimum atomic E-state index is -3.39. The van der Waals surface area contributed by atoms with Gasteiger partial charge in [-0.25, -0.2) is 13.1 Å². The second kappa shape index (κ2) is 10.2. The normalized spacial score (nSPS) is 21.9. The molecule has 0 aromatic heterocycles. The van der Waals surface area contributed by atoms with Gasteiger partial charge in [-0.15, -0.1) is 0 Å². The van der Waals surface area contributed by atoms with Crippen LogP contribution in [0.1, 0.15) is 26.2 Å². The minimum absolute atomic E-state index is 0.0312. The van der Waals surface area contributed by atoms with E-state index in [-0.39, 0.29) is 30.8 Å². The van der Waals surface area contributed by atoms with Gasteiger partial charge in [0.1, 0.15) is 0 Å². The molecule has 3 N–H and O–H groups in total. The lowest BCUT2D eigenvalue weighted by Gasteiger charge is -2.35. The first kappa shape index (κ1) is 22.4. The third kappa shape index (κ3) is 6.12. The third-order valence-electron chi connectivity index (χ3n) is 5.20. The Labute approximate surface area is 177 Å². The Bertz CT molecular complexity index is 932. The van der Waals surface area contributed by atoms with Crippen molar-refractivity contribution >= 4 is 21.6 Å². The number of aliphatic hydroxyl groups is 1. The van der Waals surface area contributed by atoms with Gasteiger partial charge in [-0.05, 0) is 43.0 Å². The number of hydrogen-bond donors (Lipinski definition) is 3. The van der Waals surface area contributed by atoms with Gasteiger partial charge >= 0.3 is 0 Å². The average molecular weight is 433 g/mol. The Morgan fingerprint density at radius 2 is 1.73 bits per heavy atom. The summed E-state index contributed by atoms with van der Waals surface area (Å²) in [5.74, 6) is -0.215. The maximum atomic E-state index is 12.4. The summed E-state index contributed by atoms with van der Waals surface area (Å²) in [7, 11) is -3.39. The molecule has 2 aromatic rings. The van der Waals surface area contributed by atoms with Crippen LogP contribution in [0, 0.1) is 0 Å². The van der Waals surface area contributed by atoms with Crippen molar-refractivity contribution < 1.29 is 23.1 Å². The van der Waals surface area contributed by atoms with Gasteiger partial charge in [-0.2, -0.15) is 0 Å². The van der Waals surface area contributed by atoms with Gasteiger partial charge in [-0.1, -0.05) is 42.5 Å². The summed E-state index contributed by atoms with van der Waals surface area (Å²) in [6.45, 7) is 1.25. The highest BCUT2D eigenvalue weighted by molar-refractivity contribution is 7.89. The van der Waals surface area contributed by atoms with Crippen LogP contribution in [0.5, 0.6) is 0 Å². The molecule has 1 aliphatic heterocycles. The highest BCUT2D eigenvalue weighted by Crippen LogP contribution is 2.24. The van der Waals surface area contributed by atoms with Crippen LogP contribution in [-0.4, -0.2) is 50.0 Å². The van der Waals surface area contributed by atoms with Crippen molar-refractivity contribution in [1.82, 2.24) is 4.72 Å². The number of rotatable bonds is 8. The van der Waals surface area contributed by atoms with Crippen molar-refractivity contribution in [2.75, 3.05) is 17.7 Å². The fraction of sp³-hybridized carbons (Fsp3) is 0.409. The largest absolute Gasteiger partial charge is 0.394 e. The van der Waals surface area contributed by atoms with Gasteiger partial charge in [0.05, 0.1) is 37.0 Å². The Hall–Kier alpha value is -2.26. The van der Waals surface area contributed by atoms with E-state index in [1.54, 1.807) is 6.92 Å². The van der Waals surface area contributed by atoms with Crippen LogP contribution in [0.4, 0.5) is 5.69 Å². The molecule has 3 rings (SSSR count). The van der Waals surface area contributed by atoms with E-state index >= 15 is 0 Å². The summed E-state index contributed by atoms with van der Waals surface area (Å²) in [5, 5.41) is 12.4.